The molecule has 0 fully saturated rings. The number of hydrogen-bond donors (Lipinski definition) is 2. The number of hydrogen-bond acceptors (Lipinski definition) is 6. The molecule has 0 saturated heterocycles. The third-order valence-corrected chi connectivity index (χ3v) is 1.41. The molecule has 0 heterocycles. The van der Waals surface area contributed by atoms with E-state index in [2.05, 4.69) is 14.8 Å². The lowest BCUT2D eigenvalue weighted by Gasteiger charge is -2.04. The van der Waals surface area contributed by atoms with Crippen molar-refractivity contribution >= 4 is 12.1 Å². The molecular weight excluding hydrogens is 216 g/mol. The standard InChI is InChI=1S/C9H16N2O5/c1-11-9(13)16-6-7(10)5-8(12)15-4-3-14-2/h5H,3-4,6,10H2,1-2H3,(H,11,13). The highest BCUT2D eigenvalue weighted by Gasteiger charge is 2.02. The van der Waals surface area contributed by atoms with Crippen molar-refractivity contribution < 1.29 is 23.8 Å². The maximum atomic E-state index is 11.1. The van der Waals surface area contributed by atoms with Crippen LogP contribution in [0.5, 0.6) is 0 Å². The number of rotatable bonds is 6. The fourth-order valence-corrected chi connectivity index (χ4v) is 0.681. The average Bonchev–Trinajstić information content (AvgIpc) is 2.26. The van der Waals surface area contributed by atoms with E-state index < -0.39 is 12.1 Å². The molecule has 0 aromatic carbocycles. The van der Waals surface area contributed by atoms with E-state index in [9.17, 15) is 9.59 Å². The van der Waals surface area contributed by atoms with Crippen LogP contribution in [0.15, 0.2) is 11.8 Å². The molecule has 7 heteroatoms. The quantitative estimate of drug-likeness (QED) is 0.359. The zero-order valence-electron chi connectivity index (χ0n) is 9.32. The second kappa shape index (κ2) is 8.54. The molecule has 0 aliphatic heterocycles. The van der Waals surface area contributed by atoms with Crippen LogP contribution < -0.4 is 11.1 Å². The molecule has 16 heavy (non-hydrogen) atoms. The van der Waals surface area contributed by atoms with Crippen molar-refractivity contribution in [1.82, 2.24) is 5.32 Å². The molecule has 92 valence electrons. The van der Waals surface area contributed by atoms with Crippen molar-refractivity contribution in [1.29, 1.82) is 0 Å². The van der Waals surface area contributed by atoms with Crippen LogP contribution in [0.2, 0.25) is 0 Å². The Hall–Kier alpha value is -1.76. The van der Waals surface area contributed by atoms with Crippen LogP contribution in [0.25, 0.3) is 0 Å². The first kappa shape index (κ1) is 14.2. The van der Waals surface area contributed by atoms with E-state index in [1.165, 1.54) is 14.2 Å². The van der Waals surface area contributed by atoms with Crippen molar-refractivity contribution in [3.8, 4) is 0 Å². The molecule has 0 aromatic rings. The van der Waals surface area contributed by atoms with Crippen molar-refractivity contribution in [3.63, 3.8) is 0 Å². The number of carbonyl (C=O) groups excluding carboxylic acids is 2. The Labute approximate surface area is 93.5 Å². The van der Waals surface area contributed by atoms with Crippen LogP contribution in [0.1, 0.15) is 0 Å². The van der Waals surface area contributed by atoms with Gasteiger partial charge < -0.3 is 25.3 Å². The predicted octanol–water partition coefficient (Wildman–Crippen LogP) is -0.625. The summed E-state index contributed by atoms with van der Waals surface area (Å²) >= 11 is 0. The molecule has 0 saturated carbocycles. The van der Waals surface area contributed by atoms with E-state index in [0.29, 0.717) is 6.61 Å². The van der Waals surface area contributed by atoms with E-state index in [0.717, 1.165) is 6.08 Å². The second-order valence-electron chi connectivity index (χ2n) is 2.71. The van der Waals surface area contributed by atoms with Crippen LogP contribution in [0.4, 0.5) is 4.79 Å². The van der Waals surface area contributed by atoms with Crippen LogP contribution in [0, 0.1) is 0 Å². The minimum Gasteiger partial charge on any atom is -0.460 e. The van der Waals surface area contributed by atoms with Gasteiger partial charge in [-0.1, -0.05) is 0 Å². The zero-order chi connectivity index (χ0) is 12.4. The molecule has 0 spiro atoms. The van der Waals surface area contributed by atoms with Gasteiger partial charge in [-0.05, 0) is 0 Å². The summed E-state index contributed by atoms with van der Waals surface area (Å²) in [6.45, 7) is 0.294. The topological polar surface area (TPSA) is 99.9 Å². The SMILES string of the molecule is CNC(=O)OCC(N)=CC(=O)OCCOC. The highest BCUT2D eigenvalue weighted by Crippen LogP contribution is 1.90. The molecule has 0 rings (SSSR count). The Kier molecular flexibility index (Phi) is 7.60. The predicted molar refractivity (Wildman–Crippen MR) is 55.5 cm³/mol. The molecule has 0 atom stereocenters. The molecule has 0 unspecified atom stereocenters. The monoisotopic (exact) mass is 232 g/mol. The van der Waals surface area contributed by atoms with Gasteiger partial charge in [-0.3, -0.25) is 0 Å². The first-order valence-electron chi connectivity index (χ1n) is 4.56. The number of nitrogens with two attached hydrogens (primary N) is 1. The van der Waals surface area contributed by atoms with Gasteiger partial charge in [0.05, 0.1) is 12.3 Å². The molecular formula is C9H16N2O5. The van der Waals surface area contributed by atoms with Crippen molar-refractivity contribution in [2.24, 2.45) is 5.73 Å². The van der Waals surface area contributed by atoms with Gasteiger partial charge in [0, 0.05) is 20.2 Å². The highest BCUT2D eigenvalue weighted by molar-refractivity contribution is 5.82. The van der Waals surface area contributed by atoms with Gasteiger partial charge >= 0.3 is 12.1 Å². The Morgan fingerprint density at radius 1 is 1.31 bits per heavy atom. The van der Waals surface area contributed by atoms with Gasteiger partial charge in [-0.15, -0.1) is 0 Å². The molecule has 0 aliphatic rings. The summed E-state index contributed by atoms with van der Waals surface area (Å²) in [5, 5.41) is 2.24. The molecule has 1 amide bonds. The largest absolute Gasteiger partial charge is 0.460 e. The normalized spacial score (nSPS) is 10.8. The van der Waals surface area contributed by atoms with Crippen molar-refractivity contribution in [3.05, 3.63) is 11.8 Å². The van der Waals surface area contributed by atoms with Crippen LogP contribution in [0.3, 0.4) is 0 Å². The van der Waals surface area contributed by atoms with E-state index in [4.69, 9.17) is 10.5 Å². The lowest BCUT2D eigenvalue weighted by Crippen LogP contribution is -2.22. The lowest BCUT2D eigenvalue weighted by atomic mass is 10.4. The molecule has 3 N–H and O–H groups in total. The van der Waals surface area contributed by atoms with E-state index >= 15 is 0 Å². The maximum absolute atomic E-state index is 11.1. The minimum absolute atomic E-state index is 0.103. The van der Waals surface area contributed by atoms with Crippen LogP contribution in [-0.4, -0.2) is 46.0 Å². The number of methoxy groups -OCH3 is 1. The average molecular weight is 232 g/mol. The fourth-order valence-electron chi connectivity index (χ4n) is 0.681. The van der Waals surface area contributed by atoms with Gasteiger partial charge in [0.15, 0.2) is 0 Å². The summed E-state index contributed by atoms with van der Waals surface area (Å²) in [7, 11) is 2.91. The van der Waals surface area contributed by atoms with E-state index in [1.807, 2.05) is 0 Å². The smallest absolute Gasteiger partial charge is 0.407 e. The zero-order valence-corrected chi connectivity index (χ0v) is 9.32. The number of carbonyl (C=O) groups is 2. The Morgan fingerprint density at radius 2 is 2.00 bits per heavy atom. The summed E-state index contributed by atoms with van der Waals surface area (Å²) in [6, 6.07) is 0. The minimum atomic E-state index is -0.621. The highest BCUT2D eigenvalue weighted by atomic mass is 16.6. The van der Waals surface area contributed by atoms with Crippen LogP contribution in [-0.2, 0) is 19.0 Å². The third kappa shape index (κ3) is 7.63. The molecule has 0 aliphatic carbocycles. The summed E-state index contributed by atoms with van der Waals surface area (Å²) in [5.74, 6) is -0.602. The summed E-state index contributed by atoms with van der Waals surface area (Å²) in [5.41, 5.74) is 5.51. The molecule has 0 bridgehead atoms. The van der Waals surface area contributed by atoms with Gasteiger partial charge in [-0.25, -0.2) is 9.59 Å². The number of amides is 1. The Morgan fingerprint density at radius 3 is 2.56 bits per heavy atom. The van der Waals surface area contributed by atoms with Crippen LogP contribution >= 0.6 is 0 Å². The second-order valence-corrected chi connectivity index (χ2v) is 2.71. The van der Waals surface area contributed by atoms with E-state index in [-0.39, 0.29) is 18.9 Å². The first-order valence-corrected chi connectivity index (χ1v) is 4.56. The van der Waals surface area contributed by atoms with Gasteiger partial charge in [-0.2, -0.15) is 0 Å². The summed E-state index contributed by atoms with van der Waals surface area (Å²) in [6.07, 6.45) is 0.433. The maximum Gasteiger partial charge on any atom is 0.407 e. The molecule has 0 aromatic heterocycles. The Balaban J connectivity index is 3.83. The third-order valence-electron chi connectivity index (χ3n) is 1.41. The van der Waals surface area contributed by atoms with Gasteiger partial charge in [0.2, 0.25) is 0 Å². The number of ether oxygens (including phenoxy) is 3. The lowest BCUT2D eigenvalue weighted by molar-refractivity contribution is -0.139. The number of esters is 1. The summed E-state index contributed by atoms with van der Waals surface area (Å²) in [4.78, 5) is 21.7. The van der Waals surface area contributed by atoms with Crippen molar-refractivity contribution in [2.45, 2.75) is 0 Å². The Bertz CT molecular complexity index is 265. The molecule has 0 radical (unpaired) electrons. The number of nitrogens with one attached hydrogen (secondary N) is 1. The fraction of sp³-hybridized carbons (Fsp3) is 0.556. The van der Waals surface area contributed by atoms with Gasteiger partial charge in [0.1, 0.15) is 13.2 Å². The summed E-state index contributed by atoms with van der Waals surface area (Å²) < 4.78 is 14.0. The first-order chi connectivity index (χ1) is 7.60. The molecule has 7 nitrogen and oxygen atoms in total. The van der Waals surface area contributed by atoms with Gasteiger partial charge in [0.25, 0.3) is 0 Å². The number of alkyl carbamates (subject to hydrolysis) is 1. The van der Waals surface area contributed by atoms with Crippen molar-refractivity contribution in [2.75, 3.05) is 34.0 Å². The van der Waals surface area contributed by atoms with E-state index in [1.54, 1.807) is 0 Å².